The maximum Gasteiger partial charge on any atom is 0.119 e. The number of phenolic OH excluding ortho intramolecular Hbond substituents is 1. The van der Waals surface area contributed by atoms with Crippen molar-refractivity contribution in [3.05, 3.63) is 23.8 Å². The Kier molecular flexibility index (Phi) is 5.56. The number of aromatic hydroxyl groups is 1. The summed E-state index contributed by atoms with van der Waals surface area (Å²) in [6, 6.07) is 5.90. The van der Waals surface area contributed by atoms with Gasteiger partial charge in [0.25, 0.3) is 0 Å². The SMILES string of the molecule is CC(C)SCc1cc(SC(C)C)ccc1O. The summed E-state index contributed by atoms with van der Waals surface area (Å²) in [5, 5.41) is 10.9. The average molecular weight is 256 g/mol. The van der Waals surface area contributed by atoms with E-state index < -0.39 is 0 Å². The molecule has 1 nitrogen and oxygen atoms in total. The summed E-state index contributed by atoms with van der Waals surface area (Å²) < 4.78 is 0. The lowest BCUT2D eigenvalue weighted by molar-refractivity contribution is 0.470. The van der Waals surface area contributed by atoms with Gasteiger partial charge in [0, 0.05) is 21.5 Å². The van der Waals surface area contributed by atoms with Crippen LogP contribution in [0.25, 0.3) is 0 Å². The van der Waals surface area contributed by atoms with Crippen molar-refractivity contribution in [1.29, 1.82) is 0 Å². The van der Waals surface area contributed by atoms with Gasteiger partial charge in [-0.2, -0.15) is 11.8 Å². The van der Waals surface area contributed by atoms with Crippen LogP contribution in [0.2, 0.25) is 0 Å². The van der Waals surface area contributed by atoms with Gasteiger partial charge < -0.3 is 5.11 Å². The predicted molar refractivity (Wildman–Crippen MR) is 75.5 cm³/mol. The molecule has 0 fully saturated rings. The first-order valence-electron chi connectivity index (χ1n) is 5.59. The van der Waals surface area contributed by atoms with Crippen molar-refractivity contribution in [2.24, 2.45) is 0 Å². The van der Waals surface area contributed by atoms with Crippen LogP contribution in [0, 0.1) is 0 Å². The van der Waals surface area contributed by atoms with E-state index in [9.17, 15) is 5.11 Å². The molecule has 1 aromatic carbocycles. The molecule has 16 heavy (non-hydrogen) atoms. The zero-order chi connectivity index (χ0) is 12.1. The van der Waals surface area contributed by atoms with Gasteiger partial charge >= 0.3 is 0 Å². The number of hydrogen-bond donors (Lipinski definition) is 1. The maximum atomic E-state index is 9.76. The first kappa shape index (κ1) is 13.8. The summed E-state index contributed by atoms with van der Waals surface area (Å²) in [5.74, 6) is 1.30. The van der Waals surface area contributed by atoms with Crippen molar-refractivity contribution >= 4 is 23.5 Å². The second-order valence-corrected chi connectivity index (χ2v) is 7.53. The van der Waals surface area contributed by atoms with Crippen LogP contribution in [0.15, 0.2) is 23.1 Å². The van der Waals surface area contributed by atoms with Crippen LogP contribution < -0.4 is 0 Å². The molecule has 0 saturated carbocycles. The minimum atomic E-state index is 0.418. The largest absolute Gasteiger partial charge is 0.508 e. The Morgan fingerprint density at radius 1 is 1.12 bits per heavy atom. The van der Waals surface area contributed by atoms with E-state index in [0.717, 1.165) is 11.3 Å². The van der Waals surface area contributed by atoms with E-state index in [1.54, 1.807) is 6.07 Å². The van der Waals surface area contributed by atoms with Crippen LogP contribution in [0.4, 0.5) is 0 Å². The Bertz CT molecular complexity index is 335. The van der Waals surface area contributed by atoms with E-state index in [4.69, 9.17) is 0 Å². The summed E-state index contributed by atoms with van der Waals surface area (Å²) in [6.07, 6.45) is 0. The number of thioether (sulfide) groups is 2. The van der Waals surface area contributed by atoms with Crippen LogP contribution >= 0.6 is 23.5 Å². The Morgan fingerprint density at radius 2 is 1.81 bits per heavy atom. The third kappa shape index (κ3) is 4.71. The van der Waals surface area contributed by atoms with Gasteiger partial charge in [0.2, 0.25) is 0 Å². The van der Waals surface area contributed by atoms with Crippen molar-refractivity contribution in [1.82, 2.24) is 0 Å². The molecule has 3 heteroatoms. The van der Waals surface area contributed by atoms with E-state index in [0.29, 0.717) is 16.2 Å². The first-order valence-corrected chi connectivity index (χ1v) is 7.52. The summed E-state index contributed by atoms with van der Waals surface area (Å²) in [5.41, 5.74) is 1.05. The molecule has 0 amide bonds. The fourth-order valence-electron chi connectivity index (χ4n) is 1.28. The quantitative estimate of drug-likeness (QED) is 0.781. The molecule has 90 valence electrons. The molecule has 0 aliphatic heterocycles. The molecule has 0 saturated heterocycles. The maximum absolute atomic E-state index is 9.76. The van der Waals surface area contributed by atoms with Crippen molar-refractivity contribution in [3.63, 3.8) is 0 Å². The van der Waals surface area contributed by atoms with Gasteiger partial charge in [-0.3, -0.25) is 0 Å². The number of benzene rings is 1. The predicted octanol–water partition coefficient (Wildman–Crippen LogP) is 4.53. The molecule has 0 radical (unpaired) electrons. The molecule has 1 rings (SSSR count). The molecule has 0 spiro atoms. The number of phenols is 1. The van der Waals surface area contributed by atoms with Gasteiger partial charge in [-0.05, 0) is 23.4 Å². The van der Waals surface area contributed by atoms with Gasteiger partial charge in [0.15, 0.2) is 0 Å². The first-order chi connectivity index (χ1) is 7.49. The fraction of sp³-hybridized carbons (Fsp3) is 0.538. The molecule has 0 bridgehead atoms. The summed E-state index contributed by atoms with van der Waals surface area (Å²) in [4.78, 5) is 1.24. The summed E-state index contributed by atoms with van der Waals surface area (Å²) >= 11 is 3.69. The van der Waals surface area contributed by atoms with Crippen molar-refractivity contribution in [2.45, 2.75) is 48.8 Å². The molecular weight excluding hydrogens is 236 g/mol. The highest BCUT2D eigenvalue weighted by Crippen LogP contribution is 2.30. The van der Waals surface area contributed by atoms with E-state index in [2.05, 4.69) is 33.8 Å². The van der Waals surface area contributed by atoms with Gasteiger partial charge in [-0.25, -0.2) is 0 Å². The normalized spacial score (nSPS) is 11.4. The van der Waals surface area contributed by atoms with Gasteiger partial charge in [0.1, 0.15) is 5.75 Å². The molecule has 1 N–H and O–H groups in total. The molecule has 0 unspecified atom stereocenters. The van der Waals surface area contributed by atoms with Crippen LogP contribution in [0.1, 0.15) is 33.3 Å². The van der Waals surface area contributed by atoms with E-state index in [1.807, 2.05) is 29.6 Å². The Balaban J connectivity index is 2.74. The van der Waals surface area contributed by atoms with Crippen molar-refractivity contribution in [2.75, 3.05) is 0 Å². The fourth-order valence-corrected chi connectivity index (χ4v) is 2.92. The average Bonchev–Trinajstić information content (AvgIpc) is 2.18. The highest BCUT2D eigenvalue weighted by Gasteiger charge is 2.06. The van der Waals surface area contributed by atoms with Gasteiger partial charge in [-0.1, -0.05) is 27.7 Å². The lowest BCUT2D eigenvalue weighted by Crippen LogP contribution is -1.91. The van der Waals surface area contributed by atoms with Crippen LogP contribution in [-0.4, -0.2) is 15.6 Å². The van der Waals surface area contributed by atoms with Crippen molar-refractivity contribution < 1.29 is 5.11 Å². The van der Waals surface area contributed by atoms with Crippen LogP contribution in [0.3, 0.4) is 0 Å². The molecule has 0 heterocycles. The lowest BCUT2D eigenvalue weighted by atomic mass is 10.2. The standard InChI is InChI=1S/C13H20OS2/c1-9(2)15-8-11-7-12(16-10(3)4)5-6-13(11)14/h5-7,9-10,14H,8H2,1-4H3. The lowest BCUT2D eigenvalue weighted by Gasteiger charge is -2.10. The number of hydrogen-bond acceptors (Lipinski definition) is 3. The third-order valence-electron chi connectivity index (χ3n) is 1.99. The minimum Gasteiger partial charge on any atom is -0.508 e. The molecule has 0 aromatic heterocycles. The van der Waals surface area contributed by atoms with E-state index >= 15 is 0 Å². The Morgan fingerprint density at radius 3 is 2.38 bits per heavy atom. The second-order valence-electron chi connectivity index (χ2n) is 4.32. The monoisotopic (exact) mass is 256 g/mol. The highest BCUT2D eigenvalue weighted by molar-refractivity contribution is 8.00. The molecule has 0 aliphatic carbocycles. The summed E-state index contributed by atoms with van der Waals surface area (Å²) in [6.45, 7) is 8.71. The third-order valence-corrected chi connectivity index (χ3v) is 4.14. The Hall–Kier alpha value is -0.280. The molecule has 1 aromatic rings. The topological polar surface area (TPSA) is 20.2 Å². The zero-order valence-electron chi connectivity index (χ0n) is 10.4. The molecule has 0 aliphatic rings. The van der Waals surface area contributed by atoms with Gasteiger partial charge in [-0.15, -0.1) is 11.8 Å². The highest BCUT2D eigenvalue weighted by atomic mass is 32.2. The minimum absolute atomic E-state index is 0.418. The molecule has 0 atom stereocenters. The Labute approximate surface area is 107 Å². The van der Waals surface area contributed by atoms with Gasteiger partial charge in [0.05, 0.1) is 0 Å². The second kappa shape index (κ2) is 6.45. The molecular formula is C13H20OS2. The van der Waals surface area contributed by atoms with E-state index in [1.165, 1.54) is 4.90 Å². The zero-order valence-corrected chi connectivity index (χ0v) is 12.0. The van der Waals surface area contributed by atoms with Crippen LogP contribution in [0.5, 0.6) is 5.75 Å². The smallest absolute Gasteiger partial charge is 0.119 e. The number of rotatable bonds is 5. The summed E-state index contributed by atoms with van der Waals surface area (Å²) in [7, 11) is 0. The van der Waals surface area contributed by atoms with E-state index in [-0.39, 0.29) is 0 Å². The van der Waals surface area contributed by atoms with Crippen molar-refractivity contribution in [3.8, 4) is 5.75 Å². The van der Waals surface area contributed by atoms with Crippen LogP contribution in [-0.2, 0) is 5.75 Å².